The average molecular weight is 454 g/mol. The van der Waals surface area contributed by atoms with E-state index >= 15 is 0 Å². The van der Waals surface area contributed by atoms with E-state index in [9.17, 15) is 13.6 Å². The zero-order chi connectivity index (χ0) is 23.3. The van der Waals surface area contributed by atoms with Gasteiger partial charge in [0.15, 0.2) is 5.17 Å². The highest BCUT2D eigenvalue weighted by Crippen LogP contribution is 2.66. The quantitative estimate of drug-likeness (QED) is 0.735. The predicted molar refractivity (Wildman–Crippen MR) is 121 cm³/mol. The molecule has 1 amide bonds. The third-order valence-corrected chi connectivity index (χ3v) is 7.39. The molecule has 0 radical (unpaired) electrons. The number of aryl methyl sites for hydroxylation is 1. The van der Waals surface area contributed by atoms with Crippen molar-refractivity contribution in [2.75, 3.05) is 7.05 Å². The number of amidine groups is 1. The second-order valence-corrected chi connectivity index (χ2v) is 9.51. The summed E-state index contributed by atoms with van der Waals surface area (Å²) in [4.78, 5) is 21.1. The Balaban J connectivity index is 1.74. The number of amides is 1. The van der Waals surface area contributed by atoms with Crippen molar-refractivity contribution in [1.82, 2.24) is 10.3 Å². The molecule has 2 aliphatic rings. The molecule has 0 spiro atoms. The molecule has 1 fully saturated rings. The number of nitrogens with two attached hydrogens (primary N) is 1. The Bertz CT molecular complexity index is 1240. The number of rotatable bonds is 4. The Kier molecular flexibility index (Phi) is 5.29. The van der Waals surface area contributed by atoms with Crippen LogP contribution in [0.4, 0.5) is 8.78 Å². The summed E-state index contributed by atoms with van der Waals surface area (Å²) in [5, 5.41) is 11.8. The normalized spacial score (nSPS) is 26.6. The molecule has 3 atom stereocenters. The summed E-state index contributed by atoms with van der Waals surface area (Å²) < 4.78 is 29.1. The molecule has 1 aliphatic carbocycles. The topological polar surface area (TPSA) is 104 Å². The lowest BCUT2D eigenvalue weighted by Gasteiger charge is -2.33. The number of fused-ring (bicyclic) bond motifs is 1. The van der Waals surface area contributed by atoms with Gasteiger partial charge in [-0.2, -0.15) is 5.26 Å². The zero-order valence-corrected chi connectivity index (χ0v) is 18.6. The van der Waals surface area contributed by atoms with Gasteiger partial charge in [-0.1, -0.05) is 17.8 Å². The third-order valence-electron chi connectivity index (χ3n) is 6.09. The van der Waals surface area contributed by atoms with Crippen molar-refractivity contribution in [1.29, 1.82) is 5.26 Å². The summed E-state index contributed by atoms with van der Waals surface area (Å²) in [6.07, 6.45) is 3.08. The van der Waals surface area contributed by atoms with Crippen molar-refractivity contribution in [3.8, 4) is 6.07 Å². The van der Waals surface area contributed by atoms with Crippen LogP contribution in [-0.2, 0) is 10.3 Å². The summed E-state index contributed by atoms with van der Waals surface area (Å²) >= 11 is 1.21. The maximum atomic E-state index is 15.0. The van der Waals surface area contributed by atoms with Crippen molar-refractivity contribution in [2.24, 2.45) is 16.6 Å². The van der Waals surface area contributed by atoms with Gasteiger partial charge in [0.1, 0.15) is 28.2 Å². The fourth-order valence-corrected chi connectivity index (χ4v) is 5.83. The Hall–Kier alpha value is -3.25. The number of hydrogen-bond acceptors (Lipinski definition) is 6. The Morgan fingerprint density at radius 1 is 1.44 bits per heavy atom. The molecule has 1 aromatic heterocycles. The molecule has 1 aliphatic heterocycles. The molecule has 2 aromatic rings. The van der Waals surface area contributed by atoms with Gasteiger partial charge in [0.05, 0.1) is 11.1 Å². The molecule has 0 bridgehead atoms. The van der Waals surface area contributed by atoms with E-state index in [0.29, 0.717) is 23.1 Å². The largest absolute Gasteiger partial charge is 0.378 e. The number of pyridine rings is 1. The van der Waals surface area contributed by atoms with Gasteiger partial charge in [-0.3, -0.25) is 14.8 Å². The van der Waals surface area contributed by atoms with Gasteiger partial charge in [0.2, 0.25) is 5.91 Å². The van der Waals surface area contributed by atoms with E-state index < -0.39 is 21.9 Å². The maximum absolute atomic E-state index is 15.0. The minimum atomic E-state index is -1.06. The molecular formula is C23H21F2N5OS. The lowest BCUT2D eigenvalue weighted by molar-refractivity contribution is -0.121. The van der Waals surface area contributed by atoms with E-state index in [0.717, 1.165) is 0 Å². The van der Waals surface area contributed by atoms with Crippen LogP contribution in [-0.4, -0.2) is 27.9 Å². The van der Waals surface area contributed by atoms with Crippen LogP contribution in [0.25, 0.3) is 11.9 Å². The molecule has 0 saturated heterocycles. The lowest BCUT2D eigenvalue weighted by atomic mass is 9.84. The van der Waals surface area contributed by atoms with Crippen LogP contribution in [0.1, 0.15) is 41.3 Å². The van der Waals surface area contributed by atoms with E-state index in [1.165, 1.54) is 42.2 Å². The Morgan fingerprint density at radius 2 is 2.19 bits per heavy atom. The first kappa shape index (κ1) is 22.0. The second-order valence-electron chi connectivity index (χ2n) is 8.16. The summed E-state index contributed by atoms with van der Waals surface area (Å²) in [5.41, 5.74) is 6.61. The number of halogens is 2. The maximum Gasteiger partial charge on any atom is 0.236 e. The molecule has 6 nitrogen and oxygen atoms in total. The summed E-state index contributed by atoms with van der Waals surface area (Å²) in [5.74, 6) is -1.52. The highest BCUT2D eigenvalue weighted by Gasteiger charge is 2.70. The molecule has 1 saturated carbocycles. The first-order valence-electron chi connectivity index (χ1n) is 9.95. The van der Waals surface area contributed by atoms with Gasteiger partial charge in [-0.05, 0) is 55.7 Å². The van der Waals surface area contributed by atoms with Gasteiger partial charge in [0, 0.05) is 24.7 Å². The number of hydrogen-bond donors (Lipinski definition) is 2. The third kappa shape index (κ3) is 3.45. The van der Waals surface area contributed by atoms with Gasteiger partial charge in [-0.25, -0.2) is 8.78 Å². The number of nitriles is 1. The number of carbonyl (C=O) groups is 1. The van der Waals surface area contributed by atoms with Crippen LogP contribution in [0.5, 0.6) is 0 Å². The van der Waals surface area contributed by atoms with Gasteiger partial charge in [-0.15, -0.1) is 0 Å². The number of thioether (sulfide) groups is 1. The van der Waals surface area contributed by atoms with Crippen molar-refractivity contribution in [3.63, 3.8) is 0 Å². The number of aromatic nitrogens is 1. The summed E-state index contributed by atoms with van der Waals surface area (Å²) in [6.45, 7) is 3.42. The lowest BCUT2D eigenvalue weighted by Crippen LogP contribution is -2.43. The standard InChI is InChI=1S/C23H21F2N5OS/c1-12-6-14(10-26)11-29-19(12)17(25)8-13-4-5-16(24)15(7-13)22(2)18-9-23(18,20(31)28-3)32-21(27)30-22/h4-8,11,18H,9H2,1-3H3,(H2,27,30)(H,28,31)/b17-8-/t18-,22+,23-/m0/s1. The summed E-state index contributed by atoms with van der Waals surface area (Å²) in [6, 6.07) is 7.77. The monoisotopic (exact) mass is 453 g/mol. The first-order valence-corrected chi connectivity index (χ1v) is 10.8. The van der Waals surface area contributed by atoms with Crippen molar-refractivity contribution >= 4 is 34.7 Å². The Morgan fingerprint density at radius 3 is 2.84 bits per heavy atom. The van der Waals surface area contributed by atoms with E-state index in [-0.39, 0.29) is 28.3 Å². The first-order chi connectivity index (χ1) is 15.1. The molecule has 4 rings (SSSR count). The molecule has 3 N–H and O–H groups in total. The van der Waals surface area contributed by atoms with Gasteiger partial charge >= 0.3 is 0 Å². The molecule has 0 unspecified atom stereocenters. The van der Waals surface area contributed by atoms with E-state index in [1.807, 2.05) is 6.07 Å². The fraction of sp³-hybridized carbons (Fsp3) is 0.304. The molecule has 1 aromatic carbocycles. The van der Waals surface area contributed by atoms with Crippen molar-refractivity contribution < 1.29 is 13.6 Å². The number of carbonyl (C=O) groups excluding carboxylic acids is 1. The van der Waals surface area contributed by atoms with Crippen LogP contribution in [0.3, 0.4) is 0 Å². The van der Waals surface area contributed by atoms with E-state index in [2.05, 4.69) is 15.3 Å². The molecule has 2 heterocycles. The van der Waals surface area contributed by atoms with Gasteiger partial charge < -0.3 is 11.1 Å². The van der Waals surface area contributed by atoms with Crippen LogP contribution in [0.15, 0.2) is 35.5 Å². The second kappa shape index (κ2) is 7.71. The van der Waals surface area contributed by atoms with Crippen LogP contribution < -0.4 is 11.1 Å². The van der Waals surface area contributed by atoms with Gasteiger partial charge in [0.25, 0.3) is 0 Å². The molecular weight excluding hydrogens is 432 g/mol. The van der Waals surface area contributed by atoms with E-state index in [1.54, 1.807) is 27.0 Å². The minimum absolute atomic E-state index is 0.109. The fourth-order valence-electron chi connectivity index (χ4n) is 4.40. The van der Waals surface area contributed by atoms with E-state index in [4.69, 9.17) is 11.0 Å². The number of aliphatic imine (C=N–C) groups is 1. The molecule has 32 heavy (non-hydrogen) atoms. The SMILES string of the molecule is CNC(=O)[C@]12C[C@H]1[C@@](C)(c1cc(/C=C(\F)c3ncc(C#N)cc3C)ccc1F)N=C(N)S2. The average Bonchev–Trinajstić information content (AvgIpc) is 3.50. The summed E-state index contributed by atoms with van der Waals surface area (Å²) in [7, 11) is 1.56. The van der Waals surface area contributed by atoms with Crippen LogP contribution in [0, 0.1) is 30.0 Å². The predicted octanol–water partition coefficient (Wildman–Crippen LogP) is 3.65. The van der Waals surface area contributed by atoms with Crippen LogP contribution in [0.2, 0.25) is 0 Å². The highest BCUT2D eigenvalue weighted by molar-refractivity contribution is 8.15. The van der Waals surface area contributed by atoms with Crippen molar-refractivity contribution in [2.45, 2.75) is 30.6 Å². The number of nitrogens with zero attached hydrogens (tertiary/aromatic N) is 3. The smallest absolute Gasteiger partial charge is 0.236 e. The number of benzene rings is 1. The molecule has 9 heteroatoms. The molecule has 164 valence electrons. The van der Waals surface area contributed by atoms with Crippen LogP contribution >= 0.6 is 11.8 Å². The van der Waals surface area contributed by atoms with Crippen molar-refractivity contribution in [3.05, 3.63) is 64.2 Å². The number of nitrogens with one attached hydrogen (secondary N) is 1. The highest BCUT2D eigenvalue weighted by atomic mass is 32.2. The Labute approximate surface area is 188 Å². The zero-order valence-electron chi connectivity index (χ0n) is 17.7. The minimum Gasteiger partial charge on any atom is -0.378 e.